The molecular weight excluding hydrogens is 238 g/mol. The Morgan fingerprint density at radius 3 is 3.06 bits per heavy atom. The van der Waals surface area contributed by atoms with E-state index >= 15 is 0 Å². The summed E-state index contributed by atoms with van der Waals surface area (Å²) in [5.41, 5.74) is 0. The first-order valence-electron chi connectivity index (χ1n) is 5.42. The average molecular weight is 251 g/mol. The van der Waals surface area contributed by atoms with Crippen molar-refractivity contribution in [3.63, 3.8) is 0 Å². The van der Waals surface area contributed by atoms with Crippen molar-refractivity contribution in [2.24, 2.45) is 0 Å². The van der Waals surface area contributed by atoms with Crippen LogP contribution in [0.3, 0.4) is 0 Å². The number of hydrogen-bond donors (Lipinski definition) is 1. The minimum absolute atomic E-state index is 0.0827. The molecule has 2 rings (SSSR count). The van der Waals surface area contributed by atoms with E-state index in [0.29, 0.717) is 30.6 Å². The molecule has 0 unspecified atom stereocenters. The molecule has 0 spiro atoms. The van der Waals surface area contributed by atoms with Gasteiger partial charge in [-0.1, -0.05) is 5.16 Å². The van der Waals surface area contributed by atoms with Crippen LogP contribution in [0.1, 0.15) is 12.2 Å². The predicted octanol–water partition coefficient (Wildman–Crippen LogP) is 1.24. The second kappa shape index (κ2) is 5.46. The molecular formula is C11H13N3O4. The number of carboxylic acid groups (broad SMARTS) is 1. The molecule has 2 aromatic rings. The maximum absolute atomic E-state index is 10.4. The van der Waals surface area contributed by atoms with Crippen molar-refractivity contribution in [1.29, 1.82) is 0 Å². The fourth-order valence-electron chi connectivity index (χ4n) is 1.43. The van der Waals surface area contributed by atoms with E-state index in [4.69, 9.17) is 14.0 Å². The molecule has 7 nitrogen and oxygen atoms in total. The van der Waals surface area contributed by atoms with Crippen LogP contribution in [0.2, 0.25) is 0 Å². The SMILES string of the molecule is CN(CCC(=O)O)Cc1noc(-c2ccco2)n1. The molecule has 0 aliphatic carbocycles. The average Bonchev–Trinajstić information content (AvgIpc) is 2.95. The molecule has 0 aliphatic rings. The van der Waals surface area contributed by atoms with Gasteiger partial charge in [0.2, 0.25) is 0 Å². The predicted molar refractivity (Wildman–Crippen MR) is 60.6 cm³/mol. The summed E-state index contributed by atoms with van der Waals surface area (Å²) in [5, 5.41) is 12.4. The van der Waals surface area contributed by atoms with E-state index in [1.165, 1.54) is 6.26 Å². The zero-order valence-corrected chi connectivity index (χ0v) is 9.87. The van der Waals surface area contributed by atoms with E-state index < -0.39 is 5.97 Å². The molecule has 0 atom stereocenters. The van der Waals surface area contributed by atoms with Gasteiger partial charge in [-0.25, -0.2) is 0 Å². The molecule has 1 N–H and O–H groups in total. The Kier molecular flexibility index (Phi) is 3.73. The lowest BCUT2D eigenvalue weighted by molar-refractivity contribution is -0.137. The Balaban J connectivity index is 1.92. The van der Waals surface area contributed by atoms with Crippen LogP contribution in [0.15, 0.2) is 27.3 Å². The van der Waals surface area contributed by atoms with Crippen LogP contribution in [0.25, 0.3) is 11.7 Å². The third-order valence-corrected chi connectivity index (χ3v) is 2.32. The molecule has 2 heterocycles. The van der Waals surface area contributed by atoms with Gasteiger partial charge in [0.1, 0.15) is 0 Å². The lowest BCUT2D eigenvalue weighted by Crippen LogP contribution is -2.21. The van der Waals surface area contributed by atoms with E-state index in [2.05, 4.69) is 10.1 Å². The molecule has 0 aliphatic heterocycles. The van der Waals surface area contributed by atoms with Gasteiger partial charge in [-0.05, 0) is 19.2 Å². The maximum atomic E-state index is 10.4. The number of nitrogens with zero attached hydrogens (tertiary/aromatic N) is 3. The summed E-state index contributed by atoms with van der Waals surface area (Å²) in [7, 11) is 1.80. The lowest BCUT2D eigenvalue weighted by atomic mass is 10.4. The van der Waals surface area contributed by atoms with Crippen LogP contribution in [0, 0.1) is 0 Å². The molecule has 2 aromatic heterocycles. The van der Waals surface area contributed by atoms with Crippen LogP contribution < -0.4 is 0 Å². The highest BCUT2D eigenvalue weighted by atomic mass is 16.5. The minimum atomic E-state index is -0.828. The second-order valence-corrected chi connectivity index (χ2v) is 3.87. The highest BCUT2D eigenvalue weighted by molar-refractivity contribution is 5.66. The molecule has 0 fully saturated rings. The van der Waals surface area contributed by atoms with Crippen molar-refractivity contribution in [3.8, 4) is 11.7 Å². The molecule has 0 aromatic carbocycles. The zero-order chi connectivity index (χ0) is 13.0. The van der Waals surface area contributed by atoms with Crippen LogP contribution in [-0.2, 0) is 11.3 Å². The molecule has 0 radical (unpaired) electrons. The van der Waals surface area contributed by atoms with Gasteiger partial charge in [-0.3, -0.25) is 9.69 Å². The summed E-state index contributed by atoms with van der Waals surface area (Å²) < 4.78 is 10.2. The van der Waals surface area contributed by atoms with Gasteiger partial charge in [0.25, 0.3) is 5.89 Å². The highest BCUT2D eigenvalue weighted by Gasteiger charge is 2.12. The molecule has 96 valence electrons. The standard InChI is InChI=1S/C11H13N3O4/c1-14(5-4-10(15)16)7-9-12-11(18-13-9)8-3-2-6-17-8/h2-3,6H,4-5,7H2,1H3,(H,15,16). The van der Waals surface area contributed by atoms with Crippen molar-refractivity contribution in [1.82, 2.24) is 15.0 Å². The summed E-state index contributed by atoms with van der Waals surface area (Å²) in [6.07, 6.45) is 1.61. The monoisotopic (exact) mass is 251 g/mol. The van der Waals surface area contributed by atoms with E-state index in [1.807, 2.05) is 4.90 Å². The molecule has 0 amide bonds. The van der Waals surface area contributed by atoms with Gasteiger partial charge < -0.3 is 14.0 Å². The first-order valence-corrected chi connectivity index (χ1v) is 5.42. The number of rotatable bonds is 6. The largest absolute Gasteiger partial charge is 0.481 e. The summed E-state index contributed by atoms with van der Waals surface area (Å²) in [4.78, 5) is 16.4. The van der Waals surface area contributed by atoms with Gasteiger partial charge in [0.15, 0.2) is 11.6 Å². The van der Waals surface area contributed by atoms with E-state index in [-0.39, 0.29) is 6.42 Å². The highest BCUT2D eigenvalue weighted by Crippen LogP contribution is 2.17. The fourth-order valence-corrected chi connectivity index (χ4v) is 1.43. The Morgan fingerprint density at radius 2 is 2.39 bits per heavy atom. The smallest absolute Gasteiger partial charge is 0.304 e. The number of carbonyl (C=O) groups is 1. The van der Waals surface area contributed by atoms with Gasteiger partial charge in [-0.2, -0.15) is 4.98 Å². The zero-order valence-electron chi connectivity index (χ0n) is 9.87. The lowest BCUT2D eigenvalue weighted by Gasteiger charge is -2.11. The van der Waals surface area contributed by atoms with Crippen molar-refractivity contribution in [2.45, 2.75) is 13.0 Å². The van der Waals surface area contributed by atoms with Crippen LogP contribution >= 0.6 is 0 Å². The van der Waals surface area contributed by atoms with Crippen LogP contribution in [0.4, 0.5) is 0 Å². The third-order valence-electron chi connectivity index (χ3n) is 2.32. The van der Waals surface area contributed by atoms with Crippen molar-refractivity contribution >= 4 is 5.97 Å². The van der Waals surface area contributed by atoms with Gasteiger partial charge in [0.05, 0.1) is 19.2 Å². The fraction of sp³-hybridized carbons (Fsp3) is 0.364. The Morgan fingerprint density at radius 1 is 1.56 bits per heavy atom. The maximum Gasteiger partial charge on any atom is 0.304 e. The van der Waals surface area contributed by atoms with E-state index in [0.717, 1.165) is 0 Å². The van der Waals surface area contributed by atoms with Crippen molar-refractivity contribution in [2.75, 3.05) is 13.6 Å². The second-order valence-electron chi connectivity index (χ2n) is 3.87. The third kappa shape index (κ3) is 3.17. The number of aliphatic carboxylic acids is 1. The van der Waals surface area contributed by atoms with E-state index in [1.54, 1.807) is 19.2 Å². The minimum Gasteiger partial charge on any atom is -0.481 e. The molecule has 0 saturated heterocycles. The quantitative estimate of drug-likeness (QED) is 0.825. The Hall–Kier alpha value is -2.15. The number of furan rings is 1. The Labute approximate surface area is 103 Å². The van der Waals surface area contributed by atoms with Crippen molar-refractivity contribution in [3.05, 3.63) is 24.2 Å². The first-order chi connectivity index (χ1) is 8.65. The van der Waals surface area contributed by atoms with Gasteiger partial charge in [-0.15, -0.1) is 0 Å². The first kappa shape index (κ1) is 12.3. The molecule has 0 saturated carbocycles. The van der Waals surface area contributed by atoms with E-state index in [9.17, 15) is 4.79 Å². The molecule has 7 heteroatoms. The normalized spacial score (nSPS) is 11.0. The van der Waals surface area contributed by atoms with Gasteiger partial charge >= 0.3 is 5.97 Å². The Bertz CT molecular complexity index is 506. The summed E-state index contributed by atoms with van der Waals surface area (Å²) in [6, 6.07) is 3.46. The number of hydrogen-bond acceptors (Lipinski definition) is 6. The van der Waals surface area contributed by atoms with Crippen LogP contribution in [-0.4, -0.2) is 39.7 Å². The summed E-state index contributed by atoms with van der Waals surface area (Å²) in [6.45, 7) is 0.859. The number of carboxylic acids is 1. The summed E-state index contributed by atoms with van der Waals surface area (Å²) in [5.74, 6) is 0.504. The van der Waals surface area contributed by atoms with Crippen LogP contribution in [0.5, 0.6) is 0 Å². The summed E-state index contributed by atoms with van der Waals surface area (Å²) >= 11 is 0. The number of aromatic nitrogens is 2. The topological polar surface area (TPSA) is 92.6 Å². The molecule has 0 bridgehead atoms. The molecule has 18 heavy (non-hydrogen) atoms. The van der Waals surface area contributed by atoms with Crippen molar-refractivity contribution < 1.29 is 18.8 Å². The van der Waals surface area contributed by atoms with Gasteiger partial charge in [0, 0.05) is 6.54 Å².